The number of piperidine rings is 1. The molecule has 1 aliphatic rings. The van der Waals surface area contributed by atoms with E-state index in [0.717, 1.165) is 9.47 Å². The number of nitrogens with one attached hydrogen (secondary N) is 2. The van der Waals surface area contributed by atoms with E-state index in [1.165, 1.54) is 44.5 Å². The van der Waals surface area contributed by atoms with Crippen molar-refractivity contribution in [3.63, 3.8) is 0 Å². The van der Waals surface area contributed by atoms with Crippen molar-refractivity contribution >= 4 is 29.4 Å². The van der Waals surface area contributed by atoms with Crippen LogP contribution in [-0.2, 0) is 30.5 Å². The van der Waals surface area contributed by atoms with Gasteiger partial charge in [0.25, 0.3) is 5.56 Å². The van der Waals surface area contributed by atoms with Crippen LogP contribution in [0.25, 0.3) is 0 Å². The van der Waals surface area contributed by atoms with Crippen LogP contribution in [-0.4, -0.2) is 65.6 Å². The van der Waals surface area contributed by atoms with E-state index in [0.29, 0.717) is 0 Å². The zero-order valence-corrected chi connectivity index (χ0v) is 20.0. The lowest BCUT2D eigenvalue weighted by Gasteiger charge is -2.33. The van der Waals surface area contributed by atoms with Crippen molar-refractivity contribution < 1.29 is 37.1 Å². The van der Waals surface area contributed by atoms with E-state index in [1.807, 2.05) is 0 Å². The van der Waals surface area contributed by atoms with Gasteiger partial charge in [-0.15, -0.1) is 0 Å². The van der Waals surface area contributed by atoms with Crippen LogP contribution in [0.5, 0.6) is 0 Å². The lowest BCUT2D eigenvalue weighted by atomic mass is 9.97. The Kier molecular flexibility index (Phi) is 10.2. The first-order chi connectivity index (χ1) is 16.9. The molecule has 10 nitrogen and oxygen atoms in total. The first kappa shape index (κ1) is 28.6. The number of hydrogen-bond acceptors (Lipinski definition) is 6. The predicted molar refractivity (Wildman–Crippen MR) is 123 cm³/mol. The summed E-state index contributed by atoms with van der Waals surface area (Å²) < 4.78 is 44.6. The van der Waals surface area contributed by atoms with Crippen LogP contribution >= 0.6 is 0 Å². The maximum Gasteiger partial charge on any atom is 0.393 e. The average molecular weight is 515 g/mol. The second-order valence-corrected chi connectivity index (χ2v) is 8.32. The molecule has 1 saturated heterocycles. The third kappa shape index (κ3) is 8.54. The van der Waals surface area contributed by atoms with E-state index in [1.54, 1.807) is 0 Å². The Labute approximate surface area is 205 Å². The summed E-state index contributed by atoms with van der Waals surface area (Å²) in [6.45, 7) is 0.436. The van der Waals surface area contributed by atoms with Gasteiger partial charge in [-0.25, -0.2) is 4.79 Å². The van der Waals surface area contributed by atoms with E-state index in [9.17, 15) is 37.1 Å². The van der Waals surface area contributed by atoms with Crippen LogP contribution < -0.4 is 16.2 Å². The normalized spacial score (nSPS) is 16.9. The molecule has 1 aromatic rings. The van der Waals surface area contributed by atoms with Gasteiger partial charge in [0, 0.05) is 32.3 Å². The van der Waals surface area contributed by atoms with Crippen molar-refractivity contribution in [2.24, 2.45) is 5.92 Å². The molecule has 0 aliphatic carbocycles. The van der Waals surface area contributed by atoms with Gasteiger partial charge in [-0.3, -0.25) is 19.2 Å². The van der Waals surface area contributed by atoms with Gasteiger partial charge in [-0.05, 0) is 37.8 Å². The van der Waals surface area contributed by atoms with Crippen LogP contribution in [0, 0.1) is 5.92 Å². The van der Waals surface area contributed by atoms with Crippen molar-refractivity contribution in [1.29, 1.82) is 0 Å². The van der Waals surface area contributed by atoms with Gasteiger partial charge in [-0.1, -0.05) is 6.08 Å². The Morgan fingerprint density at radius 3 is 2.64 bits per heavy atom. The molecule has 2 heterocycles. The number of hydrogen-bond donors (Lipinski definition) is 2. The minimum absolute atomic E-state index is 0.0529. The molecule has 0 aromatic carbocycles. The number of likely N-dealkylation sites (tertiary alicyclic amines) is 1. The highest BCUT2D eigenvalue weighted by molar-refractivity contribution is 5.96. The summed E-state index contributed by atoms with van der Waals surface area (Å²) in [7, 11) is 1.21. The fourth-order valence-electron chi connectivity index (χ4n) is 3.72. The molecule has 3 amide bonds. The number of amides is 3. The van der Waals surface area contributed by atoms with Gasteiger partial charge in [0.1, 0.15) is 18.3 Å². The molecule has 0 spiro atoms. The summed E-state index contributed by atoms with van der Waals surface area (Å²) >= 11 is 0. The largest absolute Gasteiger partial charge is 0.466 e. The molecule has 0 saturated carbocycles. The number of methoxy groups -OCH3 is 1. The smallest absolute Gasteiger partial charge is 0.393 e. The number of alkyl halides is 3. The first-order valence-corrected chi connectivity index (χ1v) is 11.3. The monoisotopic (exact) mass is 514 g/mol. The van der Waals surface area contributed by atoms with Crippen LogP contribution in [0.2, 0.25) is 0 Å². The molecule has 1 aliphatic heterocycles. The van der Waals surface area contributed by atoms with E-state index in [4.69, 9.17) is 0 Å². The second kappa shape index (κ2) is 12.9. The Balaban J connectivity index is 2.08. The second-order valence-electron chi connectivity index (χ2n) is 8.32. The number of carbonyl (C=O) groups is 4. The Morgan fingerprint density at radius 1 is 1.28 bits per heavy atom. The summed E-state index contributed by atoms with van der Waals surface area (Å²) in [6, 6.07) is 1.70. The molecule has 198 valence electrons. The Bertz CT molecular complexity index is 1050. The quantitative estimate of drug-likeness (QED) is 0.381. The summed E-state index contributed by atoms with van der Waals surface area (Å²) in [6.07, 6.45) is 0.0593. The molecule has 1 aromatic heterocycles. The minimum atomic E-state index is -4.40. The van der Waals surface area contributed by atoms with E-state index >= 15 is 0 Å². The maximum absolute atomic E-state index is 13.1. The summed E-state index contributed by atoms with van der Waals surface area (Å²) in [5.74, 6) is -3.99. The number of pyridine rings is 1. The first-order valence-electron chi connectivity index (χ1n) is 11.3. The molecule has 1 unspecified atom stereocenters. The highest BCUT2D eigenvalue weighted by Gasteiger charge is 2.42. The maximum atomic E-state index is 13.1. The molecule has 1 fully saturated rings. The van der Waals surface area contributed by atoms with Crippen molar-refractivity contribution in [1.82, 2.24) is 14.8 Å². The van der Waals surface area contributed by atoms with Crippen LogP contribution in [0.1, 0.15) is 32.6 Å². The van der Waals surface area contributed by atoms with Crippen LogP contribution in [0.4, 0.5) is 18.9 Å². The number of anilines is 1. The summed E-state index contributed by atoms with van der Waals surface area (Å²) in [5, 5.41) is 4.89. The third-order valence-electron chi connectivity index (χ3n) is 5.59. The van der Waals surface area contributed by atoms with Gasteiger partial charge < -0.3 is 24.8 Å². The highest BCUT2D eigenvalue weighted by Crippen LogP contribution is 2.33. The number of esters is 1. The number of nitrogens with zero attached hydrogens (tertiary/aromatic N) is 2. The number of aromatic nitrogens is 1. The zero-order valence-electron chi connectivity index (χ0n) is 20.0. The fourth-order valence-corrected chi connectivity index (χ4v) is 3.72. The van der Waals surface area contributed by atoms with Crippen molar-refractivity contribution in [2.75, 3.05) is 25.5 Å². The number of carbonyl (C=O) groups excluding carboxylic acids is 4. The third-order valence-corrected chi connectivity index (χ3v) is 5.59. The SMILES string of the molecule is COC(=O)/C=C/CC[C@H](NC(C)=O)C(=O)Nc1cccn(CC(=O)N2CCCC(C(F)(F)F)C2)c1=O. The predicted octanol–water partition coefficient (Wildman–Crippen LogP) is 1.60. The molecular formula is C23H29F3N4O6. The molecule has 2 rings (SSSR count). The van der Waals surface area contributed by atoms with E-state index in [-0.39, 0.29) is 37.9 Å². The number of allylic oxidation sites excluding steroid dienone is 1. The fraction of sp³-hybridized carbons (Fsp3) is 0.522. The molecular weight excluding hydrogens is 485 g/mol. The number of halogens is 3. The lowest BCUT2D eigenvalue weighted by Crippen LogP contribution is -2.46. The number of rotatable bonds is 9. The van der Waals surface area contributed by atoms with Gasteiger partial charge in [0.15, 0.2) is 0 Å². The van der Waals surface area contributed by atoms with E-state index in [2.05, 4.69) is 15.4 Å². The molecule has 0 bridgehead atoms. The number of ether oxygens (including phenoxy) is 1. The van der Waals surface area contributed by atoms with Gasteiger partial charge in [0.05, 0.1) is 13.0 Å². The molecule has 0 radical (unpaired) electrons. The summed E-state index contributed by atoms with van der Waals surface area (Å²) in [4.78, 5) is 61.9. The van der Waals surface area contributed by atoms with Crippen LogP contribution in [0.3, 0.4) is 0 Å². The molecule has 2 N–H and O–H groups in total. The lowest BCUT2D eigenvalue weighted by molar-refractivity contribution is -0.188. The topological polar surface area (TPSA) is 127 Å². The zero-order chi connectivity index (χ0) is 26.9. The van der Waals surface area contributed by atoms with Crippen LogP contribution in [0.15, 0.2) is 35.3 Å². The van der Waals surface area contributed by atoms with Gasteiger partial charge in [-0.2, -0.15) is 13.2 Å². The Hall–Kier alpha value is -3.64. The van der Waals surface area contributed by atoms with Crippen molar-refractivity contribution in [2.45, 2.75) is 51.4 Å². The van der Waals surface area contributed by atoms with Crippen molar-refractivity contribution in [3.05, 3.63) is 40.8 Å². The molecule has 36 heavy (non-hydrogen) atoms. The molecule has 13 heteroatoms. The minimum Gasteiger partial charge on any atom is -0.466 e. The molecule has 2 atom stereocenters. The highest BCUT2D eigenvalue weighted by atomic mass is 19.4. The van der Waals surface area contributed by atoms with Gasteiger partial charge >= 0.3 is 12.1 Å². The van der Waals surface area contributed by atoms with E-state index < -0.39 is 60.5 Å². The van der Waals surface area contributed by atoms with Gasteiger partial charge in [0.2, 0.25) is 17.7 Å². The van der Waals surface area contributed by atoms with Crippen molar-refractivity contribution in [3.8, 4) is 0 Å². The average Bonchev–Trinajstić information content (AvgIpc) is 2.82. The summed E-state index contributed by atoms with van der Waals surface area (Å²) in [5.41, 5.74) is -0.890. The Morgan fingerprint density at radius 2 is 2.00 bits per heavy atom. The standard InChI is InChI=1S/C23H29F3N4O6/c1-15(31)27-17(8-3-4-10-20(33)36-2)21(34)28-18-9-6-12-30(22(18)35)14-19(32)29-11-5-7-16(13-29)23(24,25)26/h4,6,9-10,12,16-17H,3,5,7-8,11,13-14H2,1-2H3,(H,27,31)(H,28,34)/b10-4+/t16?,17-/m0/s1.